The van der Waals surface area contributed by atoms with Crippen LogP contribution in [-0.4, -0.2) is 40.2 Å². The smallest absolute Gasteiger partial charge is 0.267 e. The van der Waals surface area contributed by atoms with Gasteiger partial charge in [-0.15, -0.1) is 12.4 Å². The van der Waals surface area contributed by atoms with Gasteiger partial charge < -0.3 is 19.8 Å². The number of primary amides is 1. The molecule has 2 aliphatic rings. The minimum atomic E-state index is -1.50. The summed E-state index contributed by atoms with van der Waals surface area (Å²) in [7, 11) is 1.66. The lowest BCUT2D eigenvalue weighted by molar-refractivity contribution is -0.115. The summed E-state index contributed by atoms with van der Waals surface area (Å²) in [5.74, 6) is 0.724. The molecule has 4 rings (SSSR count). The number of methoxy groups -OCH3 is 1. The molecular weight excluding hydrogens is 448 g/mol. The molecule has 0 bridgehead atoms. The van der Waals surface area contributed by atoms with E-state index in [9.17, 15) is 9.35 Å². The average Bonchev–Trinajstić information content (AvgIpc) is 3.00. The molecule has 1 amide bonds. The lowest BCUT2D eigenvalue weighted by atomic mass is 9.81. The number of fused-ring (bicyclic) bond motifs is 3. The second-order valence-corrected chi connectivity index (χ2v) is 10.8. The molecule has 0 saturated heterocycles. The quantitative estimate of drug-likeness (QED) is 0.667. The van der Waals surface area contributed by atoms with Crippen molar-refractivity contribution in [2.75, 3.05) is 12.9 Å². The summed E-state index contributed by atoms with van der Waals surface area (Å²) in [6, 6.07) is 9.47. The number of aliphatic imine (C=N–C) groups is 1. The Bertz CT molecular complexity index is 1100. The zero-order valence-electron chi connectivity index (χ0n) is 19.0. The third-order valence-corrected chi connectivity index (χ3v) is 6.87. The van der Waals surface area contributed by atoms with Crippen molar-refractivity contribution in [1.82, 2.24) is 0 Å². The van der Waals surface area contributed by atoms with E-state index in [-0.39, 0.29) is 29.3 Å². The predicted octanol–water partition coefficient (Wildman–Crippen LogP) is 3.60. The molecule has 0 aromatic heterocycles. The van der Waals surface area contributed by atoms with Crippen LogP contribution >= 0.6 is 12.4 Å². The summed E-state index contributed by atoms with van der Waals surface area (Å²) in [5, 5.41) is 0. The Morgan fingerprint density at radius 1 is 1.25 bits per heavy atom. The number of ether oxygens (including phenoxy) is 2. The predicted molar refractivity (Wildman–Crippen MR) is 129 cm³/mol. The van der Waals surface area contributed by atoms with Crippen LogP contribution in [0.1, 0.15) is 49.9 Å². The highest BCUT2D eigenvalue weighted by Gasteiger charge is 2.39. The number of nitrogens with zero attached hydrogens (tertiary/aromatic N) is 1. The molecule has 1 atom stereocenters. The van der Waals surface area contributed by atoms with Gasteiger partial charge in [0.15, 0.2) is 22.1 Å². The Kier molecular flexibility index (Phi) is 6.57. The lowest BCUT2D eigenvalue weighted by Crippen LogP contribution is -2.31. The molecule has 2 aromatic rings. The number of halogens is 1. The van der Waals surface area contributed by atoms with E-state index >= 15 is 0 Å². The zero-order valence-corrected chi connectivity index (χ0v) is 20.6. The second kappa shape index (κ2) is 8.61. The number of rotatable bonds is 5. The fourth-order valence-corrected chi connectivity index (χ4v) is 5.34. The van der Waals surface area contributed by atoms with E-state index in [0.717, 1.165) is 52.3 Å². The Hall–Kier alpha value is -2.22. The fraction of sp³-hybridized carbons (Fsp3) is 0.417. The van der Waals surface area contributed by atoms with Gasteiger partial charge in [0.25, 0.3) is 5.91 Å². The van der Waals surface area contributed by atoms with Crippen molar-refractivity contribution in [2.45, 2.75) is 56.6 Å². The molecular formula is C24H29ClN2O4S. The number of carbonyl (C=O) groups is 1. The van der Waals surface area contributed by atoms with Crippen LogP contribution < -0.4 is 15.2 Å². The number of carbonyl (C=O) groups excluding carboxylic acids is 1. The molecule has 32 heavy (non-hydrogen) atoms. The summed E-state index contributed by atoms with van der Waals surface area (Å²) in [6.45, 7) is 8.34. The Morgan fingerprint density at radius 2 is 1.97 bits per heavy atom. The summed E-state index contributed by atoms with van der Waals surface area (Å²) in [6.07, 6.45) is 1.53. The summed E-state index contributed by atoms with van der Waals surface area (Å²) < 4.78 is 24.5. The first-order valence-corrected chi connectivity index (χ1v) is 11.6. The van der Waals surface area contributed by atoms with Crippen molar-refractivity contribution in [3.63, 3.8) is 0 Å². The van der Waals surface area contributed by atoms with E-state index in [1.165, 1.54) is 0 Å². The van der Waals surface area contributed by atoms with Crippen LogP contribution in [0.2, 0.25) is 0 Å². The van der Waals surface area contributed by atoms with Crippen LogP contribution in [0.5, 0.6) is 11.5 Å². The highest BCUT2D eigenvalue weighted by Crippen LogP contribution is 2.47. The number of nitrogens with two attached hydrogens (primary N) is 1. The molecule has 2 aromatic carbocycles. The van der Waals surface area contributed by atoms with Crippen LogP contribution in [-0.2, 0) is 28.8 Å². The standard InChI is InChI=1S/C24H28N2O4S.ClH/c1-23(2)11-15-10-18(29-5)22-17(12-24(3,4)30-22)20(15)21(26-23)14-7-6-8-16(9-14)31(28)13-19(25)27;/h6-10H,11-13H2,1-5H3,(H2,25,27);1H. The molecule has 0 saturated carbocycles. The molecule has 2 aliphatic heterocycles. The molecule has 1 unspecified atom stereocenters. The van der Waals surface area contributed by atoms with E-state index in [0.29, 0.717) is 4.90 Å². The summed E-state index contributed by atoms with van der Waals surface area (Å²) in [5.41, 5.74) is 9.64. The zero-order chi connectivity index (χ0) is 22.6. The van der Waals surface area contributed by atoms with Crippen molar-refractivity contribution in [2.24, 2.45) is 10.7 Å². The van der Waals surface area contributed by atoms with Gasteiger partial charge in [0.05, 0.1) is 18.4 Å². The first-order valence-electron chi connectivity index (χ1n) is 10.3. The SMILES string of the molecule is COc1cc2c(c3c1OC(C)(C)C3)C(c1cccc([S+]([O-])CC(N)=O)c1)=NC(C)(C)C2.Cl. The molecule has 2 heterocycles. The van der Waals surface area contributed by atoms with Crippen LogP contribution in [0, 0.1) is 0 Å². The van der Waals surface area contributed by atoms with Crippen molar-refractivity contribution in [3.8, 4) is 11.5 Å². The largest absolute Gasteiger partial charge is 0.611 e. The highest BCUT2D eigenvalue weighted by molar-refractivity contribution is 7.92. The third kappa shape index (κ3) is 4.60. The summed E-state index contributed by atoms with van der Waals surface area (Å²) in [4.78, 5) is 16.9. The normalized spacial score (nSPS) is 18.4. The van der Waals surface area contributed by atoms with E-state index in [2.05, 4.69) is 33.8 Å². The van der Waals surface area contributed by atoms with E-state index in [1.54, 1.807) is 13.2 Å². The lowest BCUT2D eigenvalue weighted by Gasteiger charge is -2.31. The van der Waals surface area contributed by atoms with E-state index < -0.39 is 17.1 Å². The van der Waals surface area contributed by atoms with Gasteiger partial charge in [-0.2, -0.15) is 0 Å². The van der Waals surface area contributed by atoms with Crippen LogP contribution in [0.4, 0.5) is 0 Å². The van der Waals surface area contributed by atoms with Gasteiger partial charge in [0, 0.05) is 29.2 Å². The number of benzene rings is 2. The number of amides is 1. The van der Waals surface area contributed by atoms with Crippen molar-refractivity contribution >= 4 is 35.2 Å². The van der Waals surface area contributed by atoms with Gasteiger partial charge in [-0.25, -0.2) is 0 Å². The first-order chi connectivity index (χ1) is 14.5. The van der Waals surface area contributed by atoms with Gasteiger partial charge in [-0.05, 0) is 63.0 Å². The molecule has 8 heteroatoms. The molecule has 2 N–H and O–H groups in total. The maximum absolute atomic E-state index is 12.6. The van der Waals surface area contributed by atoms with Gasteiger partial charge in [0.1, 0.15) is 5.60 Å². The van der Waals surface area contributed by atoms with Crippen molar-refractivity contribution in [3.05, 3.63) is 52.6 Å². The average molecular weight is 477 g/mol. The molecule has 0 spiro atoms. The monoisotopic (exact) mass is 476 g/mol. The summed E-state index contributed by atoms with van der Waals surface area (Å²) >= 11 is -1.50. The maximum atomic E-state index is 12.6. The molecule has 0 fully saturated rings. The molecule has 6 nitrogen and oxygen atoms in total. The first kappa shape index (κ1) is 24.4. The minimum Gasteiger partial charge on any atom is -0.611 e. The van der Waals surface area contributed by atoms with E-state index in [4.69, 9.17) is 20.2 Å². The van der Waals surface area contributed by atoms with Crippen LogP contribution in [0.25, 0.3) is 0 Å². The Balaban J connectivity index is 0.00000289. The number of hydrogen-bond donors (Lipinski definition) is 1. The van der Waals surface area contributed by atoms with Gasteiger partial charge in [-0.3, -0.25) is 9.79 Å². The Labute approximate surface area is 198 Å². The third-order valence-electron chi connectivity index (χ3n) is 5.54. The Morgan fingerprint density at radius 3 is 2.62 bits per heavy atom. The highest BCUT2D eigenvalue weighted by atomic mass is 35.5. The van der Waals surface area contributed by atoms with Crippen LogP contribution in [0.3, 0.4) is 0 Å². The van der Waals surface area contributed by atoms with Gasteiger partial charge in [-0.1, -0.05) is 12.1 Å². The number of hydrogen-bond acceptors (Lipinski definition) is 5. The molecule has 0 radical (unpaired) electrons. The maximum Gasteiger partial charge on any atom is 0.267 e. The topological polar surface area (TPSA) is 97.0 Å². The van der Waals surface area contributed by atoms with Crippen LogP contribution in [0.15, 0.2) is 40.2 Å². The van der Waals surface area contributed by atoms with Gasteiger partial charge >= 0.3 is 0 Å². The van der Waals surface area contributed by atoms with E-state index in [1.807, 2.05) is 18.2 Å². The molecule has 0 aliphatic carbocycles. The fourth-order valence-electron chi connectivity index (χ4n) is 4.43. The second-order valence-electron chi connectivity index (χ2n) is 9.39. The van der Waals surface area contributed by atoms with Crippen molar-refractivity contribution < 1.29 is 18.8 Å². The minimum absolute atomic E-state index is 0. The van der Waals surface area contributed by atoms with Gasteiger partial charge in [0.2, 0.25) is 0 Å². The van der Waals surface area contributed by atoms with Crippen molar-refractivity contribution in [1.29, 1.82) is 0 Å². The molecule has 172 valence electrons.